The number of likely N-dealkylation sites (N-methyl/N-ethyl adjacent to an activating group) is 1. The van der Waals surface area contributed by atoms with Crippen LogP contribution in [0, 0.1) is 0 Å². The number of carbonyl (C=O) groups excluding carboxylic acids is 1. The summed E-state index contributed by atoms with van der Waals surface area (Å²) in [5.74, 6) is -0.322. The van der Waals surface area contributed by atoms with Crippen LogP contribution in [-0.4, -0.2) is 28.3 Å². The van der Waals surface area contributed by atoms with Crippen LogP contribution < -0.4 is 10.0 Å². The summed E-state index contributed by atoms with van der Waals surface area (Å²) in [7, 11) is 1.45. The Morgan fingerprint density at radius 1 is 1.78 bits per heavy atom. The van der Waals surface area contributed by atoms with Crippen molar-refractivity contribution in [3.05, 3.63) is 0 Å². The van der Waals surface area contributed by atoms with Crippen molar-refractivity contribution >= 4 is 17.2 Å². The molecule has 0 saturated carbocycles. The molecule has 0 heterocycles. The van der Waals surface area contributed by atoms with E-state index in [0.29, 0.717) is 0 Å². The van der Waals surface area contributed by atoms with Crippen LogP contribution in [0.1, 0.15) is 0 Å². The van der Waals surface area contributed by atoms with E-state index in [1.807, 2.05) is 4.72 Å². The van der Waals surface area contributed by atoms with E-state index in [9.17, 15) is 9.00 Å². The van der Waals surface area contributed by atoms with E-state index in [1.54, 1.807) is 0 Å². The van der Waals surface area contributed by atoms with Crippen molar-refractivity contribution in [3.63, 3.8) is 0 Å². The van der Waals surface area contributed by atoms with Gasteiger partial charge >= 0.3 is 0 Å². The highest BCUT2D eigenvalue weighted by Crippen LogP contribution is 1.62. The van der Waals surface area contributed by atoms with Crippen molar-refractivity contribution in [2.45, 2.75) is 0 Å². The summed E-state index contributed by atoms with van der Waals surface area (Å²) in [6.07, 6.45) is 0. The first-order chi connectivity index (χ1) is 4.16. The molecule has 0 rings (SSSR count). The van der Waals surface area contributed by atoms with E-state index in [-0.39, 0.29) is 12.5 Å². The molecule has 0 aromatic heterocycles. The lowest BCUT2D eigenvalue weighted by molar-refractivity contribution is -0.119. The van der Waals surface area contributed by atoms with Crippen LogP contribution in [0.2, 0.25) is 0 Å². The second kappa shape index (κ2) is 4.42. The predicted octanol–water partition coefficient (Wildman–Crippen LogP) is -1.54. The molecule has 6 heteroatoms. The van der Waals surface area contributed by atoms with Gasteiger partial charge in [0.1, 0.15) is 0 Å². The van der Waals surface area contributed by atoms with Crippen LogP contribution in [0.5, 0.6) is 0 Å². The number of carbonyl (C=O) groups is 1. The number of amides is 1. The molecule has 3 N–H and O–H groups in total. The molecule has 0 saturated heterocycles. The van der Waals surface area contributed by atoms with Gasteiger partial charge in [0, 0.05) is 7.05 Å². The molecular formula is C3H8N2O3S. The molecule has 0 aromatic rings. The second-order valence-electron chi connectivity index (χ2n) is 1.24. The molecule has 0 radical (unpaired) electrons. The van der Waals surface area contributed by atoms with Crippen LogP contribution in [-0.2, 0) is 16.1 Å². The van der Waals surface area contributed by atoms with Gasteiger partial charge in [-0.3, -0.25) is 9.35 Å². The lowest BCUT2D eigenvalue weighted by atomic mass is 10.6. The Hall–Kier alpha value is -0.460. The number of nitrogens with one attached hydrogen (secondary N) is 2. The SMILES string of the molecule is CNC(=O)CNS(=O)O. The fraction of sp³-hybridized carbons (Fsp3) is 0.667. The zero-order chi connectivity index (χ0) is 7.28. The van der Waals surface area contributed by atoms with E-state index in [2.05, 4.69) is 5.32 Å². The van der Waals surface area contributed by atoms with Gasteiger partial charge in [-0.1, -0.05) is 0 Å². The lowest BCUT2D eigenvalue weighted by Crippen LogP contribution is -2.32. The maximum absolute atomic E-state index is 10.3. The number of hydrogen-bond donors (Lipinski definition) is 3. The van der Waals surface area contributed by atoms with Crippen LogP contribution in [0.25, 0.3) is 0 Å². The van der Waals surface area contributed by atoms with Gasteiger partial charge in [-0.15, -0.1) is 0 Å². The molecule has 54 valence electrons. The average molecular weight is 152 g/mol. The zero-order valence-corrected chi connectivity index (χ0v) is 5.70. The Bertz CT molecular complexity index is 126. The van der Waals surface area contributed by atoms with E-state index < -0.39 is 11.3 Å². The fourth-order valence-corrected chi connectivity index (χ4v) is 0.470. The van der Waals surface area contributed by atoms with Gasteiger partial charge in [-0.05, 0) is 0 Å². The largest absolute Gasteiger partial charge is 0.358 e. The normalized spacial score (nSPS) is 12.7. The van der Waals surface area contributed by atoms with Crippen molar-refractivity contribution in [2.24, 2.45) is 0 Å². The third-order valence-electron chi connectivity index (χ3n) is 0.635. The highest BCUT2D eigenvalue weighted by molar-refractivity contribution is 7.77. The molecule has 1 atom stereocenters. The molecule has 0 aliphatic carbocycles. The molecular weight excluding hydrogens is 144 g/mol. The first kappa shape index (κ1) is 8.54. The van der Waals surface area contributed by atoms with E-state index >= 15 is 0 Å². The molecule has 0 fully saturated rings. The number of rotatable bonds is 3. The predicted molar refractivity (Wildman–Crippen MR) is 32.8 cm³/mol. The molecule has 0 bridgehead atoms. The van der Waals surface area contributed by atoms with Gasteiger partial charge in [0.05, 0.1) is 6.54 Å². The van der Waals surface area contributed by atoms with Crippen molar-refractivity contribution in [2.75, 3.05) is 13.6 Å². The summed E-state index contributed by atoms with van der Waals surface area (Å²) in [5, 5.41) is 2.27. The van der Waals surface area contributed by atoms with Crippen LogP contribution >= 0.6 is 0 Å². The third kappa shape index (κ3) is 5.41. The minimum Gasteiger partial charge on any atom is -0.358 e. The first-order valence-electron chi connectivity index (χ1n) is 2.21. The third-order valence-corrected chi connectivity index (χ3v) is 1.03. The molecule has 0 aliphatic heterocycles. The fourth-order valence-electron chi connectivity index (χ4n) is 0.216. The molecule has 1 unspecified atom stereocenters. The Morgan fingerprint density at radius 3 is 2.67 bits per heavy atom. The quantitative estimate of drug-likeness (QED) is 0.429. The Morgan fingerprint density at radius 2 is 2.33 bits per heavy atom. The molecule has 0 aliphatic rings. The lowest BCUT2D eigenvalue weighted by Gasteiger charge is -1.96. The van der Waals surface area contributed by atoms with Gasteiger partial charge < -0.3 is 5.32 Å². The van der Waals surface area contributed by atoms with Gasteiger partial charge in [0.15, 0.2) is 0 Å². The molecule has 9 heavy (non-hydrogen) atoms. The second-order valence-corrected chi connectivity index (χ2v) is 2.03. The molecule has 1 amide bonds. The average Bonchev–Trinajstić information content (AvgIpc) is 1.83. The summed E-state index contributed by atoms with van der Waals surface area (Å²) in [6.45, 7) is -0.139. The minimum atomic E-state index is -2.10. The summed E-state index contributed by atoms with van der Waals surface area (Å²) < 4.78 is 19.9. The van der Waals surface area contributed by atoms with Crippen LogP contribution in [0.3, 0.4) is 0 Å². The van der Waals surface area contributed by atoms with Gasteiger partial charge in [-0.2, -0.15) is 0 Å². The highest BCUT2D eigenvalue weighted by atomic mass is 32.2. The van der Waals surface area contributed by atoms with Gasteiger partial charge in [-0.25, -0.2) is 8.93 Å². The Kier molecular flexibility index (Phi) is 4.20. The summed E-state index contributed by atoms with van der Waals surface area (Å²) in [5.41, 5.74) is 0. The van der Waals surface area contributed by atoms with E-state index in [1.165, 1.54) is 7.05 Å². The first-order valence-corrected chi connectivity index (χ1v) is 3.32. The van der Waals surface area contributed by atoms with Crippen molar-refractivity contribution < 1.29 is 13.6 Å². The minimum absolute atomic E-state index is 0.139. The molecule has 0 spiro atoms. The van der Waals surface area contributed by atoms with Crippen LogP contribution in [0.4, 0.5) is 0 Å². The maximum atomic E-state index is 10.3. The van der Waals surface area contributed by atoms with Crippen molar-refractivity contribution in [1.82, 2.24) is 10.0 Å². The summed E-state index contributed by atoms with van der Waals surface area (Å²) in [6, 6.07) is 0. The van der Waals surface area contributed by atoms with E-state index in [0.717, 1.165) is 0 Å². The van der Waals surface area contributed by atoms with Crippen molar-refractivity contribution in [1.29, 1.82) is 0 Å². The van der Waals surface area contributed by atoms with Gasteiger partial charge in [0.25, 0.3) is 0 Å². The standard InChI is InChI=1S/C3H8N2O3S/c1-4-3(6)2-5-9(7)8/h5H,2H2,1H3,(H,4,6)(H,7,8). The zero-order valence-electron chi connectivity index (χ0n) is 4.88. The Balaban J connectivity index is 3.28. The van der Waals surface area contributed by atoms with Gasteiger partial charge in [0.2, 0.25) is 17.2 Å². The van der Waals surface area contributed by atoms with Crippen molar-refractivity contribution in [3.8, 4) is 0 Å². The topological polar surface area (TPSA) is 78.4 Å². The number of hydrogen-bond acceptors (Lipinski definition) is 2. The Labute approximate surface area is 55.2 Å². The van der Waals surface area contributed by atoms with Crippen LogP contribution in [0.15, 0.2) is 0 Å². The highest BCUT2D eigenvalue weighted by Gasteiger charge is 1.97. The van der Waals surface area contributed by atoms with E-state index in [4.69, 9.17) is 4.55 Å². The monoisotopic (exact) mass is 152 g/mol. The maximum Gasteiger partial charge on any atom is 0.234 e. The smallest absolute Gasteiger partial charge is 0.234 e. The molecule has 5 nitrogen and oxygen atoms in total. The summed E-state index contributed by atoms with van der Waals surface area (Å²) in [4.78, 5) is 10.3. The summed E-state index contributed by atoms with van der Waals surface area (Å²) >= 11 is -2.10. The molecule has 0 aromatic carbocycles.